The van der Waals surface area contributed by atoms with Crippen LogP contribution in [0.15, 0.2) is 42.6 Å². The van der Waals surface area contributed by atoms with Crippen LogP contribution in [0.2, 0.25) is 0 Å². The number of fused-ring (bicyclic) bond motifs is 1. The maximum atomic E-state index is 9.70. The van der Waals surface area contributed by atoms with Gasteiger partial charge in [-0.1, -0.05) is 6.07 Å². The second kappa shape index (κ2) is 8.06. The molecule has 142 valence electrons. The van der Waals surface area contributed by atoms with E-state index in [0.717, 1.165) is 34.8 Å². The first-order valence-electron chi connectivity index (χ1n) is 9.60. The van der Waals surface area contributed by atoms with Crippen molar-refractivity contribution in [1.82, 2.24) is 19.5 Å². The molecule has 4 heterocycles. The van der Waals surface area contributed by atoms with Crippen molar-refractivity contribution < 1.29 is 9.84 Å². The lowest BCUT2D eigenvalue weighted by molar-refractivity contribution is 0.185. The number of pyridine rings is 1. The number of nitrogens with zero attached hydrogens (tertiary/aromatic N) is 4. The van der Waals surface area contributed by atoms with Gasteiger partial charge in [-0.2, -0.15) is 0 Å². The standard InChI is InChI=1S/C21H26N4O2/c1-24-11-7-16(8-12-24)9-13-27-20-6-5-19(22-23-20)21-17(15-26)14-18-4-2-3-10-25(18)21/h2-6,10,14,16,26H,7-9,11-13,15H2,1H3. The molecule has 1 N–H and O–H groups in total. The first-order chi connectivity index (χ1) is 13.2. The minimum Gasteiger partial charge on any atom is -0.477 e. The van der Waals surface area contributed by atoms with Gasteiger partial charge in [0.15, 0.2) is 0 Å². The van der Waals surface area contributed by atoms with E-state index in [2.05, 4.69) is 22.1 Å². The highest BCUT2D eigenvalue weighted by Crippen LogP contribution is 2.27. The summed E-state index contributed by atoms with van der Waals surface area (Å²) in [4.78, 5) is 2.38. The molecule has 1 aliphatic rings. The molecule has 0 atom stereocenters. The van der Waals surface area contributed by atoms with Crippen LogP contribution in [0.4, 0.5) is 0 Å². The van der Waals surface area contributed by atoms with Crippen molar-refractivity contribution in [3.8, 4) is 17.3 Å². The lowest BCUT2D eigenvalue weighted by Crippen LogP contribution is -2.30. The molecule has 0 aliphatic carbocycles. The Labute approximate surface area is 159 Å². The van der Waals surface area contributed by atoms with Gasteiger partial charge in [-0.15, -0.1) is 10.2 Å². The number of hydrogen-bond acceptors (Lipinski definition) is 5. The summed E-state index contributed by atoms with van der Waals surface area (Å²) in [5.41, 5.74) is 3.47. The fraction of sp³-hybridized carbons (Fsp3) is 0.429. The molecule has 1 fully saturated rings. The van der Waals surface area contributed by atoms with Crippen LogP contribution in [0.3, 0.4) is 0 Å². The topological polar surface area (TPSA) is 62.9 Å². The summed E-state index contributed by atoms with van der Waals surface area (Å²) >= 11 is 0. The lowest BCUT2D eigenvalue weighted by Gasteiger charge is -2.28. The molecular formula is C21H26N4O2. The zero-order valence-electron chi connectivity index (χ0n) is 15.7. The summed E-state index contributed by atoms with van der Waals surface area (Å²) in [6.07, 6.45) is 5.53. The molecule has 0 aromatic carbocycles. The quantitative estimate of drug-likeness (QED) is 0.727. The van der Waals surface area contributed by atoms with E-state index in [-0.39, 0.29) is 6.61 Å². The largest absolute Gasteiger partial charge is 0.477 e. The van der Waals surface area contributed by atoms with E-state index in [1.54, 1.807) is 0 Å². The predicted octanol–water partition coefficient (Wildman–Crippen LogP) is 3.00. The van der Waals surface area contributed by atoms with Gasteiger partial charge >= 0.3 is 0 Å². The summed E-state index contributed by atoms with van der Waals surface area (Å²) < 4.78 is 7.83. The third kappa shape index (κ3) is 3.96. The van der Waals surface area contributed by atoms with Gasteiger partial charge in [0.25, 0.3) is 0 Å². The van der Waals surface area contributed by atoms with Crippen molar-refractivity contribution >= 4 is 5.52 Å². The molecule has 6 heteroatoms. The smallest absolute Gasteiger partial charge is 0.233 e. The number of aliphatic hydroxyl groups is 1. The monoisotopic (exact) mass is 366 g/mol. The third-order valence-corrected chi connectivity index (χ3v) is 5.43. The minimum absolute atomic E-state index is 0.0342. The van der Waals surface area contributed by atoms with Crippen LogP contribution in [0.5, 0.6) is 5.88 Å². The van der Waals surface area contributed by atoms with E-state index in [9.17, 15) is 5.11 Å². The van der Waals surface area contributed by atoms with Crippen LogP contribution in [0.25, 0.3) is 16.9 Å². The van der Waals surface area contributed by atoms with Gasteiger partial charge < -0.3 is 19.1 Å². The highest BCUT2D eigenvalue weighted by molar-refractivity contribution is 5.69. The maximum Gasteiger partial charge on any atom is 0.233 e. The number of aromatic nitrogens is 3. The number of likely N-dealkylation sites (tertiary alicyclic amines) is 1. The van der Waals surface area contributed by atoms with Crippen LogP contribution < -0.4 is 4.74 Å². The molecule has 3 aromatic heterocycles. The summed E-state index contributed by atoms with van der Waals surface area (Å²) in [5.74, 6) is 1.30. The molecule has 4 rings (SSSR count). The Bertz CT molecular complexity index is 883. The van der Waals surface area contributed by atoms with Gasteiger partial charge in [-0.3, -0.25) is 0 Å². The fourth-order valence-electron chi connectivity index (χ4n) is 3.79. The second-order valence-electron chi connectivity index (χ2n) is 7.31. The Morgan fingerprint density at radius 1 is 1.15 bits per heavy atom. The Morgan fingerprint density at radius 2 is 2.00 bits per heavy atom. The molecule has 0 radical (unpaired) electrons. The van der Waals surface area contributed by atoms with E-state index < -0.39 is 0 Å². The fourth-order valence-corrected chi connectivity index (χ4v) is 3.79. The molecule has 1 aliphatic heterocycles. The van der Waals surface area contributed by atoms with Crippen molar-refractivity contribution in [1.29, 1.82) is 0 Å². The molecule has 0 spiro atoms. The zero-order valence-corrected chi connectivity index (χ0v) is 15.7. The molecule has 6 nitrogen and oxygen atoms in total. The molecule has 0 unspecified atom stereocenters. The van der Waals surface area contributed by atoms with Crippen LogP contribution in [-0.4, -0.2) is 51.3 Å². The summed E-state index contributed by atoms with van der Waals surface area (Å²) in [6, 6.07) is 11.7. The number of rotatable bonds is 6. The Hall–Kier alpha value is -2.44. The minimum atomic E-state index is -0.0342. The molecule has 1 saturated heterocycles. The Kier molecular flexibility index (Phi) is 5.36. The molecule has 0 bridgehead atoms. The Morgan fingerprint density at radius 3 is 2.74 bits per heavy atom. The number of aliphatic hydroxyl groups excluding tert-OH is 1. The highest BCUT2D eigenvalue weighted by atomic mass is 16.5. The van der Waals surface area contributed by atoms with Crippen molar-refractivity contribution in [2.45, 2.75) is 25.9 Å². The van der Waals surface area contributed by atoms with Crippen molar-refractivity contribution in [2.75, 3.05) is 26.7 Å². The maximum absolute atomic E-state index is 9.70. The molecule has 0 amide bonds. The number of hydrogen-bond donors (Lipinski definition) is 1. The highest BCUT2D eigenvalue weighted by Gasteiger charge is 2.17. The normalized spacial score (nSPS) is 16.1. The van der Waals surface area contributed by atoms with Gasteiger partial charge in [0.2, 0.25) is 5.88 Å². The first kappa shape index (κ1) is 17.9. The molecule has 0 saturated carbocycles. The third-order valence-electron chi connectivity index (χ3n) is 5.43. The first-order valence-corrected chi connectivity index (χ1v) is 9.60. The average molecular weight is 366 g/mol. The molecule has 3 aromatic rings. The van der Waals surface area contributed by atoms with Crippen molar-refractivity contribution in [2.24, 2.45) is 5.92 Å². The van der Waals surface area contributed by atoms with Crippen molar-refractivity contribution in [3.05, 3.63) is 48.2 Å². The SMILES string of the molecule is CN1CCC(CCOc2ccc(-c3c(CO)cc4ccccn34)nn2)CC1. The average Bonchev–Trinajstić information content (AvgIpc) is 3.09. The van der Waals surface area contributed by atoms with E-state index in [1.165, 1.54) is 25.9 Å². The summed E-state index contributed by atoms with van der Waals surface area (Å²) in [7, 11) is 2.18. The van der Waals surface area contributed by atoms with Crippen LogP contribution in [0.1, 0.15) is 24.8 Å². The second-order valence-corrected chi connectivity index (χ2v) is 7.31. The molecular weight excluding hydrogens is 340 g/mol. The van der Waals surface area contributed by atoms with Gasteiger partial charge in [0.05, 0.1) is 18.9 Å². The van der Waals surface area contributed by atoms with E-state index >= 15 is 0 Å². The number of piperidine rings is 1. The summed E-state index contributed by atoms with van der Waals surface area (Å²) in [6.45, 7) is 3.00. The van der Waals surface area contributed by atoms with E-state index in [4.69, 9.17) is 4.74 Å². The van der Waals surface area contributed by atoms with Crippen LogP contribution in [-0.2, 0) is 6.61 Å². The Balaban J connectivity index is 1.42. The number of ether oxygens (including phenoxy) is 1. The summed E-state index contributed by atoms with van der Waals surface area (Å²) in [5, 5.41) is 18.3. The van der Waals surface area contributed by atoms with Gasteiger partial charge in [-0.05, 0) is 69.6 Å². The van der Waals surface area contributed by atoms with Crippen LogP contribution >= 0.6 is 0 Å². The predicted molar refractivity (Wildman–Crippen MR) is 105 cm³/mol. The zero-order chi connectivity index (χ0) is 18.6. The van der Waals surface area contributed by atoms with E-state index in [1.807, 2.05) is 47.0 Å². The van der Waals surface area contributed by atoms with Gasteiger partial charge in [0.1, 0.15) is 5.69 Å². The van der Waals surface area contributed by atoms with Crippen LogP contribution in [0, 0.1) is 5.92 Å². The van der Waals surface area contributed by atoms with E-state index in [0.29, 0.717) is 12.5 Å². The molecule has 27 heavy (non-hydrogen) atoms. The lowest BCUT2D eigenvalue weighted by atomic mass is 9.94. The van der Waals surface area contributed by atoms with Gasteiger partial charge in [0, 0.05) is 23.3 Å². The van der Waals surface area contributed by atoms with Crippen molar-refractivity contribution in [3.63, 3.8) is 0 Å². The van der Waals surface area contributed by atoms with Gasteiger partial charge in [-0.25, -0.2) is 0 Å².